The number of carbonyl (C=O) groups is 1. The Bertz CT molecular complexity index is 489. The van der Waals surface area contributed by atoms with Crippen molar-refractivity contribution in [3.63, 3.8) is 0 Å². The summed E-state index contributed by atoms with van der Waals surface area (Å²) in [7, 11) is 0. The van der Waals surface area contributed by atoms with E-state index in [4.69, 9.17) is 27.9 Å². The van der Waals surface area contributed by atoms with Gasteiger partial charge in [-0.15, -0.1) is 0 Å². The maximum atomic E-state index is 11.9. The quantitative estimate of drug-likeness (QED) is 0.240. The molecule has 0 bridgehead atoms. The average Bonchev–Trinajstić information content (AvgIpc) is 2.58. The summed E-state index contributed by atoms with van der Waals surface area (Å²) in [5.41, 5.74) is 0.380. The molecule has 0 aliphatic heterocycles. The molecule has 0 saturated heterocycles. The van der Waals surface area contributed by atoms with E-state index in [1.54, 1.807) is 18.2 Å². The van der Waals surface area contributed by atoms with Gasteiger partial charge in [-0.2, -0.15) is 0 Å². The van der Waals surface area contributed by atoms with Crippen LogP contribution in [-0.2, 0) is 4.74 Å². The van der Waals surface area contributed by atoms with Crippen LogP contribution in [0.5, 0.6) is 0 Å². The topological polar surface area (TPSA) is 26.3 Å². The van der Waals surface area contributed by atoms with Gasteiger partial charge in [0.15, 0.2) is 0 Å². The van der Waals surface area contributed by atoms with Gasteiger partial charge >= 0.3 is 5.97 Å². The number of hydrogen-bond donors (Lipinski definition) is 0. The van der Waals surface area contributed by atoms with E-state index in [1.165, 1.54) is 64.2 Å². The molecule has 0 unspecified atom stereocenters. The van der Waals surface area contributed by atoms with Gasteiger partial charge in [0.2, 0.25) is 0 Å². The second kappa shape index (κ2) is 14.4. The summed E-state index contributed by atoms with van der Waals surface area (Å²) >= 11 is 11.8. The summed E-state index contributed by atoms with van der Waals surface area (Å²) in [6.07, 6.45) is 15.5. The van der Waals surface area contributed by atoms with Crippen molar-refractivity contribution in [2.24, 2.45) is 0 Å². The predicted octanol–water partition coefficient (Wildman–Crippen LogP) is 7.85. The number of benzene rings is 1. The first-order chi connectivity index (χ1) is 12.1. The highest BCUT2D eigenvalue weighted by molar-refractivity contribution is 6.36. The molecule has 1 aromatic rings. The molecule has 0 atom stereocenters. The third-order valence-corrected chi connectivity index (χ3v) is 4.93. The SMILES string of the molecule is CCCCCCCCCCCCCCOC(=O)c1ccc(Cl)cc1Cl. The molecule has 142 valence electrons. The van der Waals surface area contributed by atoms with E-state index in [0.29, 0.717) is 22.2 Å². The third kappa shape index (κ3) is 10.8. The molecule has 0 heterocycles. The van der Waals surface area contributed by atoms with Gasteiger partial charge in [-0.05, 0) is 24.6 Å². The zero-order chi connectivity index (χ0) is 18.3. The average molecular weight is 387 g/mol. The molecule has 1 rings (SSSR count). The van der Waals surface area contributed by atoms with Crippen molar-refractivity contribution in [2.45, 2.75) is 84.0 Å². The molecule has 1 aromatic carbocycles. The lowest BCUT2D eigenvalue weighted by Crippen LogP contribution is -2.07. The lowest BCUT2D eigenvalue weighted by molar-refractivity contribution is 0.0498. The lowest BCUT2D eigenvalue weighted by Gasteiger charge is -2.07. The molecular formula is C21H32Cl2O2. The molecule has 0 saturated carbocycles. The molecule has 0 N–H and O–H groups in total. The van der Waals surface area contributed by atoms with E-state index in [0.717, 1.165) is 12.8 Å². The molecule has 0 fully saturated rings. The van der Waals surface area contributed by atoms with Crippen LogP contribution in [0.25, 0.3) is 0 Å². The van der Waals surface area contributed by atoms with Crippen LogP contribution < -0.4 is 0 Å². The molecule has 0 radical (unpaired) electrons. The minimum atomic E-state index is -0.371. The smallest absolute Gasteiger partial charge is 0.339 e. The number of ether oxygens (including phenoxy) is 1. The van der Waals surface area contributed by atoms with Crippen LogP contribution in [0.2, 0.25) is 10.0 Å². The van der Waals surface area contributed by atoms with E-state index in [9.17, 15) is 4.79 Å². The Morgan fingerprint density at radius 2 is 1.36 bits per heavy atom. The lowest BCUT2D eigenvalue weighted by atomic mass is 10.1. The fraction of sp³-hybridized carbons (Fsp3) is 0.667. The molecule has 0 amide bonds. The molecule has 0 aromatic heterocycles. The predicted molar refractivity (Wildman–Crippen MR) is 108 cm³/mol. The van der Waals surface area contributed by atoms with E-state index >= 15 is 0 Å². The molecule has 4 heteroatoms. The van der Waals surface area contributed by atoms with Crippen LogP contribution in [0.1, 0.15) is 94.3 Å². The van der Waals surface area contributed by atoms with E-state index in [-0.39, 0.29) is 5.97 Å². The number of rotatable bonds is 14. The van der Waals surface area contributed by atoms with Crippen LogP contribution >= 0.6 is 23.2 Å². The Morgan fingerprint density at radius 1 is 0.840 bits per heavy atom. The van der Waals surface area contributed by atoms with Crippen LogP contribution in [0.4, 0.5) is 0 Å². The van der Waals surface area contributed by atoms with Crippen molar-refractivity contribution in [1.82, 2.24) is 0 Å². The number of hydrogen-bond acceptors (Lipinski definition) is 2. The van der Waals surface area contributed by atoms with Crippen molar-refractivity contribution < 1.29 is 9.53 Å². The van der Waals surface area contributed by atoms with Crippen LogP contribution in [0.3, 0.4) is 0 Å². The zero-order valence-electron chi connectivity index (χ0n) is 15.5. The Hall–Kier alpha value is -0.730. The largest absolute Gasteiger partial charge is 0.462 e. The number of esters is 1. The molecule has 2 nitrogen and oxygen atoms in total. The Morgan fingerprint density at radius 3 is 1.88 bits per heavy atom. The summed E-state index contributed by atoms with van der Waals surface area (Å²) in [5, 5.41) is 0.856. The fourth-order valence-corrected chi connectivity index (χ4v) is 3.33. The number of halogens is 2. The van der Waals surface area contributed by atoms with Gasteiger partial charge in [-0.25, -0.2) is 4.79 Å². The van der Waals surface area contributed by atoms with E-state index < -0.39 is 0 Å². The monoisotopic (exact) mass is 386 g/mol. The Labute approximate surface area is 163 Å². The maximum absolute atomic E-state index is 11.9. The highest BCUT2D eigenvalue weighted by atomic mass is 35.5. The second-order valence-corrected chi connectivity index (χ2v) is 7.49. The maximum Gasteiger partial charge on any atom is 0.339 e. The van der Waals surface area contributed by atoms with E-state index in [1.807, 2.05) is 0 Å². The normalized spacial score (nSPS) is 10.8. The fourth-order valence-electron chi connectivity index (χ4n) is 2.84. The number of unbranched alkanes of at least 4 members (excludes halogenated alkanes) is 11. The second-order valence-electron chi connectivity index (χ2n) is 6.65. The summed E-state index contributed by atoms with van der Waals surface area (Å²) in [6.45, 7) is 2.71. The molecule has 0 aliphatic rings. The van der Waals surface area contributed by atoms with Gasteiger partial charge in [-0.3, -0.25) is 0 Å². The first-order valence-corrected chi connectivity index (χ1v) is 10.5. The zero-order valence-corrected chi connectivity index (χ0v) is 17.0. The summed E-state index contributed by atoms with van der Waals surface area (Å²) < 4.78 is 5.27. The number of carbonyl (C=O) groups excluding carboxylic acids is 1. The van der Waals surface area contributed by atoms with Gasteiger partial charge in [-0.1, -0.05) is 101 Å². The molecule has 0 spiro atoms. The first-order valence-electron chi connectivity index (χ1n) is 9.77. The highest BCUT2D eigenvalue weighted by Gasteiger charge is 2.11. The van der Waals surface area contributed by atoms with E-state index in [2.05, 4.69) is 6.92 Å². The first kappa shape index (κ1) is 22.3. The van der Waals surface area contributed by atoms with Gasteiger partial charge in [0.1, 0.15) is 0 Å². The van der Waals surface area contributed by atoms with Crippen molar-refractivity contribution in [3.8, 4) is 0 Å². The van der Waals surface area contributed by atoms with Crippen molar-refractivity contribution in [2.75, 3.05) is 6.61 Å². The van der Waals surface area contributed by atoms with Crippen molar-refractivity contribution in [1.29, 1.82) is 0 Å². The highest BCUT2D eigenvalue weighted by Crippen LogP contribution is 2.21. The Balaban J connectivity index is 1.94. The third-order valence-electron chi connectivity index (χ3n) is 4.38. The molecule has 25 heavy (non-hydrogen) atoms. The summed E-state index contributed by atoms with van der Waals surface area (Å²) in [5.74, 6) is -0.371. The van der Waals surface area contributed by atoms with Crippen LogP contribution in [0.15, 0.2) is 18.2 Å². The summed E-state index contributed by atoms with van der Waals surface area (Å²) in [6, 6.07) is 4.81. The molecule has 0 aliphatic carbocycles. The van der Waals surface area contributed by atoms with Crippen LogP contribution in [0, 0.1) is 0 Å². The van der Waals surface area contributed by atoms with Crippen molar-refractivity contribution >= 4 is 29.2 Å². The van der Waals surface area contributed by atoms with Crippen molar-refractivity contribution in [3.05, 3.63) is 33.8 Å². The van der Waals surface area contributed by atoms with Crippen LogP contribution in [-0.4, -0.2) is 12.6 Å². The van der Waals surface area contributed by atoms with Gasteiger partial charge in [0.05, 0.1) is 17.2 Å². The van der Waals surface area contributed by atoms with Gasteiger partial charge in [0, 0.05) is 5.02 Å². The summed E-state index contributed by atoms with van der Waals surface area (Å²) in [4.78, 5) is 11.9. The standard InChI is InChI=1S/C21H32Cl2O2/c1-2-3-4-5-6-7-8-9-10-11-12-13-16-25-21(24)19-15-14-18(22)17-20(19)23/h14-15,17H,2-13,16H2,1H3. The Kier molecular flexibility index (Phi) is 12.9. The van der Waals surface area contributed by atoms with Gasteiger partial charge < -0.3 is 4.74 Å². The minimum absolute atomic E-state index is 0.340. The van der Waals surface area contributed by atoms with Gasteiger partial charge in [0.25, 0.3) is 0 Å². The minimum Gasteiger partial charge on any atom is -0.462 e. The molecular weight excluding hydrogens is 355 g/mol.